The molecule has 0 bridgehead atoms. The van der Waals surface area contributed by atoms with Gasteiger partial charge in [0.1, 0.15) is 5.69 Å². The van der Waals surface area contributed by atoms with E-state index in [0.29, 0.717) is 6.54 Å². The molecule has 1 aromatic carbocycles. The predicted molar refractivity (Wildman–Crippen MR) is 93.2 cm³/mol. The number of aliphatic hydroxyl groups excluding tert-OH is 1. The van der Waals surface area contributed by atoms with Crippen LogP contribution in [0.2, 0.25) is 0 Å². The zero-order valence-corrected chi connectivity index (χ0v) is 13.4. The third-order valence-electron chi connectivity index (χ3n) is 4.62. The van der Waals surface area contributed by atoms with Gasteiger partial charge in [0.15, 0.2) is 0 Å². The fourth-order valence-corrected chi connectivity index (χ4v) is 3.39. The quantitative estimate of drug-likeness (QED) is 0.774. The third-order valence-corrected chi connectivity index (χ3v) is 4.62. The van der Waals surface area contributed by atoms with Crippen molar-refractivity contribution >= 4 is 0 Å². The SMILES string of the molecule is NC1CCc2cc(-c3cn(CCO)nc3-c3ccncc3)ccc21. The van der Waals surface area contributed by atoms with E-state index in [0.717, 1.165) is 35.2 Å². The first-order valence-electron chi connectivity index (χ1n) is 8.24. The highest BCUT2D eigenvalue weighted by Crippen LogP contribution is 2.36. The lowest BCUT2D eigenvalue weighted by Gasteiger charge is -2.07. The second-order valence-electron chi connectivity index (χ2n) is 6.17. The monoisotopic (exact) mass is 320 g/mol. The molecule has 0 saturated heterocycles. The summed E-state index contributed by atoms with van der Waals surface area (Å²) in [6, 6.07) is 10.6. The Morgan fingerprint density at radius 2 is 2.00 bits per heavy atom. The van der Waals surface area contributed by atoms with E-state index in [-0.39, 0.29) is 12.6 Å². The Labute approximate surface area is 140 Å². The first-order chi connectivity index (χ1) is 11.8. The van der Waals surface area contributed by atoms with Crippen LogP contribution in [0.1, 0.15) is 23.6 Å². The van der Waals surface area contributed by atoms with Crippen LogP contribution in [0.4, 0.5) is 0 Å². The molecular weight excluding hydrogens is 300 g/mol. The van der Waals surface area contributed by atoms with Gasteiger partial charge >= 0.3 is 0 Å². The maximum atomic E-state index is 9.23. The van der Waals surface area contributed by atoms with Crippen molar-refractivity contribution in [3.8, 4) is 22.4 Å². The Morgan fingerprint density at radius 1 is 1.17 bits per heavy atom. The molecule has 2 heterocycles. The Balaban J connectivity index is 1.82. The van der Waals surface area contributed by atoms with Gasteiger partial charge in [-0.1, -0.05) is 18.2 Å². The molecule has 0 saturated carbocycles. The van der Waals surface area contributed by atoms with Gasteiger partial charge in [0, 0.05) is 35.8 Å². The van der Waals surface area contributed by atoms with E-state index in [4.69, 9.17) is 5.73 Å². The molecule has 2 aromatic heterocycles. The van der Waals surface area contributed by atoms with Crippen LogP contribution < -0.4 is 5.73 Å². The van der Waals surface area contributed by atoms with Crippen LogP contribution in [0.15, 0.2) is 48.9 Å². The van der Waals surface area contributed by atoms with E-state index >= 15 is 0 Å². The number of hydrogen-bond acceptors (Lipinski definition) is 4. The van der Waals surface area contributed by atoms with E-state index in [1.165, 1.54) is 11.1 Å². The number of benzene rings is 1. The molecule has 0 fully saturated rings. The number of pyridine rings is 1. The van der Waals surface area contributed by atoms with Crippen LogP contribution >= 0.6 is 0 Å². The molecule has 24 heavy (non-hydrogen) atoms. The number of nitrogens with zero attached hydrogens (tertiary/aromatic N) is 3. The minimum atomic E-state index is 0.0654. The Hall–Kier alpha value is -2.50. The smallest absolute Gasteiger partial charge is 0.100 e. The Bertz CT molecular complexity index is 857. The summed E-state index contributed by atoms with van der Waals surface area (Å²) >= 11 is 0. The topological polar surface area (TPSA) is 77.0 Å². The highest BCUT2D eigenvalue weighted by molar-refractivity contribution is 5.80. The Kier molecular flexibility index (Phi) is 3.88. The van der Waals surface area contributed by atoms with Crippen molar-refractivity contribution in [2.45, 2.75) is 25.4 Å². The van der Waals surface area contributed by atoms with Gasteiger partial charge in [0.25, 0.3) is 0 Å². The minimum Gasteiger partial charge on any atom is -0.394 e. The fourth-order valence-electron chi connectivity index (χ4n) is 3.39. The minimum absolute atomic E-state index is 0.0654. The van der Waals surface area contributed by atoms with E-state index in [2.05, 4.69) is 28.3 Å². The largest absolute Gasteiger partial charge is 0.394 e. The lowest BCUT2D eigenvalue weighted by Crippen LogP contribution is -2.04. The second-order valence-corrected chi connectivity index (χ2v) is 6.17. The van der Waals surface area contributed by atoms with Gasteiger partial charge in [-0.15, -0.1) is 0 Å². The maximum Gasteiger partial charge on any atom is 0.100 e. The summed E-state index contributed by atoms with van der Waals surface area (Å²) in [6.45, 7) is 0.545. The summed E-state index contributed by atoms with van der Waals surface area (Å²) in [6.07, 6.45) is 7.58. The summed E-state index contributed by atoms with van der Waals surface area (Å²) in [5, 5.41) is 13.9. The molecule has 0 spiro atoms. The highest BCUT2D eigenvalue weighted by Gasteiger charge is 2.20. The number of aromatic nitrogens is 3. The van der Waals surface area contributed by atoms with Crippen LogP contribution in [-0.2, 0) is 13.0 Å². The molecule has 5 nitrogen and oxygen atoms in total. The average molecular weight is 320 g/mol. The number of aryl methyl sites for hydroxylation is 1. The molecule has 4 rings (SSSR count). The normalized spacial score (nSPS) is 16.3. The molecule has 1 atom stereocenters. The van der Waals surface area contributed by atoms with Gasteiger partial charge in [-0.05, 0) is 41.7 Å². The summed E-state index contributed by atoms with van der Waals surface area (Å²) in [5.74, 6) is 0. The predicted octanol–water partition coefficient (Wildman–Crippen LogP) is 2.55. The molecule has 3 N–H and O–H groups in total. The first kappa shape index (κ1) is 15.1. The zero-order chi connectivity index (χ0) is 16.5. The fraction of sp³-hybridized carbons (Fsp3) is 0.263. The lowest BCUT2D eigenvalue weighted by atomic mass is 9.98. The van der Waals surface area contributed by atoms with Crippen molar-refractivity contribution in [2.24, 2.45) is 5.73 Å². The van der Waals surface area contributed by atoms with Gasteiger partial charge < -0.3 is 10.8 Å². The zero-order valence-electron chi connectivity index (χ0n) is 13.4. The van der Waals surface area contributed by atoms with Crippen molar-refractivity contribution in [1.29, 1.82) is 0 Å². The molecule has 3 aromatic rings. The van der Waals surface area contributed by atoms with Gasteiger partial charge in [-0.2, -0.15) is 5.10 Å². The maximum absolute atomic E-state index is 9.23. The van der Waals surface area contributed by atoms with E-state index in [1.54, 1.807) is 17.1 Å². The van der Waals surface area contributed by atoms with E-state index < -0.39 is 0 Å². The van der Waals surface area contributed by atoms with Crippen molar-refractivity contribution in [1.82, 2.24) is 14.8 Å². The molecule has 1 unspecified atom stereocenters. The highest BCUT2D eigenvalue weighted by atomic mass is 16.3. The number of fused-ring (bicyclic) bond motifs is 1. The van der Waals surface area contributed by atoms with Crippen LogP contribution in [0.3, 0.4) is 0 Å². The van der Waals surface area contributed by atoms with Crippen LogP contribution in [0, 0.1) is 0 Å². The molecule has 1 aliphatic carbocycles. The Morgan fingerprint density at radius 3 is 2.79 bits per heavy atom. The van der Waals surface area contributed by atoms with Gasteiger partial charge in [0.2, 0.25) is 0 Å². The van der Waals surface area contributed by atoms with Crippen LogP contribution in [0.5, 0.6) is 0 Å². The molecule has 122 valence electrons. The third kappa shape index (κ3) is 2.62. The molecule has 0 radical (unpaired) electrons. The number of nitrogens with two attached hydrogens (primary N) is 1. The second kappa shape index (κ2) is 6.19. The summed E-state index contributed by atoms with van der Waals surface area (Å²) < 4.78 is 1.80. The summed E-state index contributed by atoms with van der Waals surface area (Å²) in [4.78, 5) is 4.08. The number of hydrogen-bond donors (Lipinski definition) is 2. The van der Waals surface area contributed by atoms with E-state index in [9.17, 15) is 5.11 Å². The van der Waals surface area contributed by atoms with Gasteiger partial charge in [-0.25, -0.2) is 0 Å². The number of aliphatic hydroxyl groups is 1. The summed E-state index contributed by atoms with van der Waals surface area (Å²) in [5.41, 5.74) is 12.9. The number of rotatable bonds is 4. The molecule has 5 heteroatoms. The molecule has 0 amide bonds. The standard InChI is InChI=1S/C19H20N4O/c20-18-4-2-14-11-15(1-3-16(14)18)17-12-23(9-10-24)22-19(17)13-5-7-21-8-6-13/h1,3,5-8,11-12,18,24H,2,4,9-10,20H2. The first-order valence-corrected chi connectivity index (χ1v) is 8.24. The van der Waals surface area contributed by atoms with Crippen molar-refractivity contribution in [2.75, 3.05) is 6.61 Å². The molecule has 1 aliphatic rings. The average Bonchev–Trinajstić information content (AvgIpc) is 3.20. The van der Waals surface area contributed by atoms with Gasteiger partial charge in [-0.3, -0.25) is 9.67 Å². The van der Waals surface area contributed by atoms with Crippen LogP contribution in [-0.4, -0.2) is 26.5 Å². The molecular formula is C19H20N4O. The van der Waals surface area contributed by atoms with Crippen LogP contribution in [0.25, 0.3) is 22.4 Å². The van der Waals surface area contributed by atoms with Gasteiger partial charge in [0.05, 0.1) is 13.2 Å². The van der Waals surface area contributed by atoms with Crippen molar-refractivity contribution < 1.29 is 5.11 Å². The van der Waals surface area contributed by atoms with Crippen molar-refractivity contribution in [3.05, 3.63) is 60.0 Å². The molecule has 0 aliphatic heterocycles. The van der Waals surface area contributed by atoms with Crippen molar-refractivity contribution in [3.63, 3.8) is 0 Å². The summed E-state index contributed by atoms with van der Waals surface area (Å²) in [7, 11) is 0. The lowest BCUT2D eigenvalue weighted by molar-refractivity contribution is 0.269. The van der Waals surface area contributed by atoms with E-state index in [1.807, 2.05) is 18.3 Å².